The zero-order chi connectivity index (χ0) is 15.4. The van der Waals surface area contributed by atoms with E-state index in [1.54, 1.807) is 0 Å². The zero-order valence-corrected chi connectivity index (χ0v) is 14.5. The maximum Gasteiger partial charge on any atom is 0.473 e. The molecule has 2 fully saturated rings. The molecule has 0 spiro atoms. The summed E-state index contributed by atoms with van der Waals surface area (Å²) in [6.07, 6.45) is 11.5. The molecule has 2 aliphatic carbocycles. The molecule has 4 nitrogen and oxygen atoms in total. The van der Waals surface area contributed by atoms with E-state index in [1.165, 1.54) is 0 Å². The zero-order valence-electron chi connectivity index (χ0n) is 13.6. The standard InChI is InChI=1S/C16H31O4P/c1-3-9-15(11-5-6-12-15)19-21(17,18)20-16(10-4-2)13-7-8-14-16/h3-14H2,1-2H3,(H,17,18). The Hall–Kier alpha value is 0.110. The van der Waals surface area contributed by atoms with Gasteiger partial charge in [0.15, 0.2) is 0 Å². The van der Waals surface area contributed by atoms with Crippen molar-refractivity contribution in [1.82, 2.24) is 0 Å². The first-order chi connectivity index (χ1) is 9.95. The van der Waals surface area contributed by atoms with Crippen LogP contribution in [0.15, 0.2) is 0 Å². The van der Waals surface area contributed by atoms with Gasteiger partial charge >= 0.3 is 7.82 Å². The summed E-state index contributed by atoms with van der Waals surface area (Å²) in [5.41, 5.74) is -0.851. The molecular weight excluding hydrogens is 287 g/mol. The SMILES string of the molecule is CCCC1(OP(=O)(O)OC2(CCC)CCCC2)CCCC1. The predicted octanol–water partition coefficient (Wildman–Crippen LogP) is 5.35. The minimum atomic E-state index is -3.98. The third-order valence-corrected chi connectivity index (χ3v) is 6.29. The van der Waals surface area contributed by atoms with E-state index in [-0.39, 0.29) is 0 Å². The summed E-state index contributed by atoms with van der Waals surface area (Å²) in [6.45, 7) is 4.20. The van der Waals surface area contributed by atoms with Gasteiger partial charge in [-0.2, -0.15) is 0 Å². The number of rotatable bonds is 8. The minimum absolute atomic E-state index is 0.426. The Morgan fingerprint density at radius 2 is 1.19 bits per heavy atom. The van der Waals surface area contributed by atoms with Crippen molar-refractivity contribution in [3.05, 3.63) is 0 Å². The molecule has 2 aliphatic rings. The van der Waals surface area contributed by atoms with Crippen molar-refractivity contribution in [1.29, 1.82) is 0 Å². The largest absolute Gasteiger partial charge is 0.473 e. The van der Waals surface area contributed by atoms with E-state index in [9.17, 15) is 9.46 Å². The molecule has 2 saturated carbocycles. The molecule has 1 N–H and O–H groups in total. The second kappa shape index (κ2) is 7.12. The normalized spacial score (nSPS) is 24.5. The van der Waals surface area contributed by atoms with Gasteiger partial charge in [-0.3, -0.25) is 9.05 Å². The molecule has 0 atom stereocenters. The van der Waals surface area contributed by atoms with E-state index in [2.05, 4.69) is 13.8 Å². The summed E-state index contributed by atoms with van der Waals surface area (Å²) >= 11 is 0. The highest BCUT2D eigenvalue weighted by atomic mass is 31.2. The molecule has 0 aliphatic heterocycles. The van der Waals surface area contributed by atoms with Crippen LogP contribution in [0.25, 0.3) is 0 Å². The smallest absolute Gasteiger partial charge is 0.302 e. The van der Waals surface area contributed by atoms with Crippen molar-refractivity contribution in [2.24, 2.45) is 0 Å². The van der Waals surface area contributed by atoms with Gasteiger partial charge in [-0.25, -0.2) is 4.57 Å². The van der Waals surface area contributed by atoms with Gasteiger partial charge in [-0.05, 0) is 38.5 Å². The monoisotopic (exact) mass is 318 g/mol. The van der Waals surface area contributed by atoms with Crippen LogP contribution in [0.4, 0.5) is 0 Å². The third kappa shape index (κ3) is 4.54. The highest BCUT2D eigenvalue weighted by Gasteiger charge is 2.46. The van der Waals surface area contributed by atoms with Crippen LogP contribution in [0.2, 0.25) is 0 Å². The minimum Gasteiger partial charge on any atom is -0.302 e. The molecule has 0 aromatic carbocycles. The number of phosphoric acid groups is 1. The van der Waals surface area contributed by atoms with Crippen molar-refractivity contribution in [3.8, 4) is 0 Å². The summed E-state index contributed by atoms with van der Waals surface area (Å²) in [5, 5.41) is 0. The molecule has 0 saturated heterocycles. The fraction of sp³-hybridized carbons (Fsp3) is 1.00. The van der Waals surface area contributed by atoms with E-state index in [1.807, 2.05) is 0 Å². The highest BCUT2D eigenvalue weighted by Crippen LogP contribution is 2.58. The molecule has 0 heterocycles. The van der Waals surface area contributed by atoms with Crippen LogP contribution in [-0.4, -0.2) is 16.1 Å². The maximum absolute atomic E-state index is 12.6. The van der Waals surface area contributed by atoms with Gasteiger partial charge in [0.2, 0.25) is 0 Å². The average Bonchev–Trinajstić information content (AvgIpc) is 2.99. The van der Waals surface area contributed by atoms with Crippen molar-refractivity contribution < 1.29 is 18.5 Å². The Kier molecular flexibility index (Phi) is 5.92. The van der Waals surface area contributed by atoms with Gasteiger partial charge in [0.05, 0.1) is 11.2 Å². The topological polar surface area (TPSA) is 55.8 Å². The van der Waals surface area contributed by atoms with Crippen molar-refractivity contribution >= 4 is 7.82 Å². The Bertz CT molecular complexity index is 338. The summed E-state index contributed by atoms with van der Waals surface area (Å²) < 4.78 is 24.1. The van der Waals surface area contributed by atoms with Crippen molar-refractivity contribution in [2.45, 2.75) is 102 Å². The summed E-state index contributed by atoms with van der Waals surface area (Å²) in [7, 11) is -3.98. The molecule has 0 unspecified atom stereocenters. The molecule has 0 amide bonds. The van der Waals surface area contributed by atoms with E-state index < -0.39 is 19.0 Å². The van der Waals surface area contributed by atoms with Gasteiger partial charge in [0, 0.05) is 0 Å². The lowest BCUT2D eigenvalue weighted by Crippen LogP contribution is -2.32. The van der Waals surface area contributed by atoms with Gasteiger partial charge in [0.25, 0.3) is 0 Å². The van der Waals surface area contributed by atoms with E-state index >= 15 is 0 Å². The number of hydrogen-bond acceptors (Lipinski definition) is 3. The van der Waals surface area contributed by atoms with Crippen LogP contribution in [0.3, 0.4) is 0 Å². The summed E-state index contributed by atoms with van der Waals surface area (Å²) in [5.74, 6) is 0. The molecule has 5 heteroatoms. The molecule has 0 aromatic rings. The Labute approximate surface area is 129 Å². The Morgan fingerprint density at radius 3 is 1.48 bits per heavy atom. The lowest BCUT2D eigenvalue weighted by atomic mass is 9.97. The van der Waals surface area contributed by atoms with Crippen LogP contribution in [0.1, 0.15) is 90.9 Å². The second-order valence-corrected chi connectivity index (χ2v) is 8.23. The second-order valence-electron chi connectivity index (χ2n) is 6.93. The lowest BCUT2D eigenvalue weighted by Gasteiger charge is -2.35. The van der Waals surface area contributed by atoms with Gasteiger partial charge in [-0.1, -0.05) is 52.4 Å². The third-order valence-electron chi connectivity index (χ3n) is 5.06. The van der Waals surface area contributed by atoms with Crippen LogP contribution >= 0.6 is 7.82 Å². The fourth-order valence-electron chi connectivity index (χ4n) is 4.23. The molecule has 21 heavy (non-hydrogen) atoms. The van der Waals surface area contributed by atoms with Gasteiger partial charge in [0.1, 0.15) is 0 Å². The van der Waals surface area contributed by atoms with Gasteiger partial charge < -0.3 is 4.89 Å². The Morgan fingerprint density at radius 1 is 0.857 bits per heavy atom. The molecule has 2 rings (SSSR count). The average molecular weight is 318 g/mol. The quantitative estimate of drug-likeness (QED) is 0.613. The van der Waals surface area contributed by atoms with Crippen LogP contribution in [-0.2, 0) is 13.6 Å². The van der Waals surface area contributed by atoms with E-state index in [0.717, 1.165) is 77.0 Å². The van der Waals surface area contributed by atoms with Crippen LogP contribution in [0.5, 0.6) is 0 Å². The maximum atomic E-state index is 12.6. The fourth-order valence-corrected chi connectivity index (χ4v) is 5.80. The Balaban J connectivity index is 2.04. The molecule has 0 radical (unpaired) electrons. The van der Waals surface area contributed by atoms with E-state index in [4.69, 9.17) is 9.05 Å². The lowest BCUT2D eigenvalue weighted by molar-refractivity contribution is -0.0273. The molecule has 0 bridgehead atoms. The first-order valence-electron chi connectivity index (χ1n) is 8.69. The predicted molar refractivity (Wildman–Crippen MR) is 84.2 cm³/mol. The highest BCUT2D eigenvalue weighted by molar-refractivity contribution is 7.47. The van der Waals surface area contributed by atoms with Crippen LogP contribution in [0, 0.1) is 0 Å². The van der Waals surface area contributed by atoms with Gasteiger partial charge in [-0.15, -0.1) is 0 Å². The van der Waals surface area contributed by atoms with E-state index in [0.29, 0.717) is 0 Å². The molecular formula is C16H31O4P. The first kappa shape index (κ1) is 17.5. The summed E-state index contributed by atoms with van der Waals surface area (Å²) in [4.78, 5) is 10.3. The molecule has 124 valence electrons. The number of hydrogen-bond donors (Lipinski definition) is 1. The van der Waals surface area contributed by atoms with Crippen molar-refractivity contribution in [2.75, 3.05) is 0 Å². The number of phosphoric ester groups is 1. The first-order valence-corrected chi connectivity index (χ1v) is 10.2. The van der Waals surface area contributed by atoms with Crippen LogP contribution < -0.4 is 0 Å². The molecule has 0 aromatic heterocycles. The summed E-state index contributed by atoms with van der Waals surface area (Å²) in [6, 6.07) is 0. The van der Waals surface area contributed by atoms with Crippen molar-refractivity contribution in [3.63, 3.8) is 0 Å².